The third kappa shape index (κ3) is 3.11. The maximum absolute atomic E-state index is 12.9. The first-order valence-corrected chi connectivity index (χ1v) is 8.26. The van der Waals surface area contributed by atoms with Crippen LogP contribution in [0.5, 0.6) is 5.75 Å². The number of Topliss-reactive ketones (excluding diaryl/α,β-unsaturated/α-hetero) is 1. The monoisotopic (exact) mass is 348 g/mol. The Kier molecular flexibility index (Phi) is 4.63. The van der Waals surface area contributed by atoms with Gasteiger partial charge in [-0.3, -0.25) is 14.3 Å². The van der Waals surface area contributed by atoms with Crippen LogP contribution < -0.4 is 5.56 Å². The van der Waals surface area contributed by atoms with Crippen LogP contribution in [-0.2, 0) is 7.05 Å². The molecule has 0 aliphatic rings. The van der Waals surface area contributed by atoms with Gasteiger partial charge >= 0.3 is 0 Å². The molecule has 3 aromatic rings. The third-order valence-electron chi connectivity index (χ3n) is 4.45. The Morgan fingerprint density at radius 3 is 2.27 bits per heavy atom. The summed E-state index contributed by atoms with van der Waals surface area (Å²) < 4.78 is 3.36. The molecule has 132 valence electrons. The summed E-state index contributed by atoms with van der Waals surface area (Å²) in [4.78, 5) is 25.5. The number of nitrogens with zero attached hydrogens (tertiary/aromatic N) is 2. The number of allylic oxidation sites excluding steroid dienone is 1. The second kappa shape index (κ2) is 6.88. The smallest absolute Gasteiger partial charge is 0.278 e. The summed E-state index contributed by atoms with van der Waals surface area (Å²) in [5, 5.41) is 9.35. The van der Waals surface area contributed by atoms with Gasteiger partial charge in [-0.15, -0.1) is 0 Å². The molecule has 0 fully saturated rings. The predicted octanol–water partition coefficient (Wildman–Crippen LogP) is 3.48. The van der Waals surface area contributed by atoms with E-state index in [1.54, 1.807) is 34.5 Å². The molecule has 5 heteroatoms. The molecule has 1 heterocycles. The van der Waals surface area contributed by atoms with Crippen molar-refractivity contribution < 1.29 is 9.90 Å². The fourth-order valence-electron chi connectivity index (χ4n) is 2.88. The summed E-state index contributed by atoms with van der Waals surface area (Å²) in [7, 11) is 1.82. The lowest BCUT2D eigenvalue weighted by atomic mass is 10.0. The van der Waals surface area contributed by atoms with E-state index in [0.29, 0.717) is 16.7 Å². The molecule has 0 aliphatic carbocycles. The molecule has 0 atom stereocenters. The minimum atomic E-state index is -0.182. The number of hydrogen-bond donors (Lipinski definition) is 1. The van der Waals surface area contributed by atoms with Gasteiger partial charge in [0, 0.05) is 18.3 Å². The van der Waals surface area contributed by atoms with Crippen LogP contribution in [0, 0.1) is 6.92 Å². The number of hydrogen-bond acceptors (Lipinski definition) is 3. The van der Waals surface area contributed by atoms with E-state index >= 15 is 0 Å². The molecule has 2 aromatic carbocycles. The zero-order chi connectivity index (χ0) is 18.8. The molecule has 0 amide bonds. The lowest BCUT2D eigenvalue weighted by Crippen LogP contribution is -2.20. The molecule has 0 aliphatic heterocycles. The van der Waals surface area contributed by atoms with E-state index in [1.807, 2.05) is 44.3 Å². The van der Waals surface area contributed by atoms with Gasteiger partial charge in [0.25, 0.3) is 5.56 Å². The van der Waals surface area contributed by atoms with E-state index < -0.39 is 0 Å². The predicted molar refractivity (Wildman–Crippen MR) is 102 cm³/mol. The van der Waals surface area contributed by atoms with E-state index in [9.17, 15) is 14.7 Å². The van der Waals surface area contributed by atoms with Gasteiger partial charge in [0.1, 0.15) is 5.75 Å². The van der Waals surface area contributed by atoms with Gasteiger partial charge in [-0.05, 0) is 61.9 Å². The highest BCUT2D eigenvalue weighted by atomic mass is 16.3. The second-order valence-electron chi connectivity index (χ2n) is 6.18. The SMILES string of the molecule is CC(=Cc1c(C)n(C)n(-c2ccccc2)c1=O)C(=O)c1ccc(O)cc1. The van der Waals surface area contributed by atoms with Gasteiger partial charge in [-0.1, -0.05) is 18.2 Å². The van der Waals surface area contributed by atoms with E-state index in [2.05, 4.69) is 0 Å². The number of para-hydroxylation sites is 1. The summed E-state index contributed by atoms with van der Waals surface area (Å²) in [6.45, 7) is 3.54. The summed E-state index contributed by atoms with van der Waals surface area (Å²) in [5.74, 6) is -0.0771. The number of rotatable bonds is 4. The first-order valence-electron chi connectivity index (χ1n) is 8.26. The molecule has 0 saturated carbocycles. The molecular formula is C21H20N2O3. The quantitative estimate of drug-likeness (QED) is 0.580. The van der Waals surface area contributed by atoms with Crippen molar-refractivity contribution in [2.75, 3.05) is 0 Å². The third-order valence-corrected chi connectivity index (χ3v) is 4.45. The summed E-state index contributed by atoms with van der Waals surface area (Å²) in [5.41, 5.74) is 2.78. The number of benzene rings is 2. The average molecular weight is 348 g/mol. The molecule has 0 saturated heterocycles. The molecular weight excluding hydrogens is 328 g/mol. The van der Waals surface area contributed by atoms with Gasteiger partial charge < -0.3 is 5.11 Å². The maximum Gasteiger partial charge on any atom is 0.278 e. The van der Waals surface area contributed by atoms with Gasteiger partial charge in [-0.25, -0.2) is 4.68 Å². The second-order valence-corrected chi connectivity index (χ2v) is 6.18. The minimum Gasteiger partial charge on any atom is -0.508 e. The summed E-state index contributed by atoms with van der Waals surface area (Å²) in [6.07, 6.45) is 1.63. The van der Waals surface area contributed by atoms with Crippen molar-refractivity contribution in [3.63, 3.8) is 0 Å². The van der Waals surface area contributed by atoms with Crippen LogP contribution in [0.4, 0.5) is 0 Å². The van der Waals surface area contributed by atoms with Crippen LogP contribution >= 0.6 is 0 Å². The Bertz CT molecular complexity index is 1040. The Labute approximate surface area is 151 Å². The zero-order valence-corrected chi connectivity index (χ0v) is 14.9. The molecule has 1 aromatic heterocycles. The lowest BCUT2D eigenvalue weighted by Gasteiger charge is -2.07. The van der Waals surface area contributed by atoms with Gasteiger partial charge in [0.15, 0.2) is 5.78 Å². The van der Waals surface area contributed by atoms with Crippen molar-refractivity contribution in [3.8, 4) is 11.4 Å². The van der Waals surface area contributed by atoms with Crippen LogP contribution in [-0.4, -0.2) is 20.3 Å². The van der Waals surface area contributed by atoms with Crippen molar-refractivity contribution in [3.05, 3.63) is 87.3 Å². The van der Waals surface area contributed by atoms with Crippen molar-refractivity contribution in [1.29, 1.82) is 0 Å². The minimum absolute atomic E-state index is 0.104. The summed E-state index contributed by atoms with van der Waals surface area (Å²) in [6, 6.07) is 15.4. The van der Waals surface area contributed by atoms with Gasteiger partial charge in [-0.2, -0.15) is 0 Å². The molecule has 1 N–H and O–H groups in total. The van der Waals surface area contributed by atoms with Crippen LogP contribution in [0.3, 0.4) is 0 Å². The highest BCUT2D eigenvalue weighted by Crippen LogP contribution is 2.17. The van der Waals surface area contributed by atoms with Crippen LogP contribution in [0.25, 0.3) is 11.8 Å². The van der Waals surface area contributed by atoms with E-state index in [4.69, 9.17) is 0 Å². The van der Waals surface area contributed by atoms with Crippen molar-refractivity contribution in [2.24, 2.45) is 7.05 Å². The van der Waals surface area contributed by atoms with E-state index in [0.717, 1.165) is 11.4 Å². The van der Waals surface area contributed by atoms with Gasteiger partial charge in [0.05, 0.1) is 11.3 Å². The topological polar surface area (TPSA) is 64.2 Å². The van der Waals surface area contributed by atoms with Crippen molar-refractivity contribution in [2.45, 2.75) is 13.8 Å². The number of carbonyl (C=O) groups excluding carboxylic acids is 1. The summed E-state index contributed by atoms with van der Waals surface area (Å²) >= 11 is 0. The molecule has 0 spiro atoms. The zero-order valence-electron chi connectivity index (χ0n) is 14.9. The van der Waals surface area contributed by atoms with Crippen molar-refractivity contribution in [1.82, 2.24) is 9.36 Å². The normalized spacial score (nSPS) is 11.6. The van der Waals surface area contributed by atoms with Crippen LogP contribution in [0.1, 0.15) is 28.5 Å². The van der Waals surface area contributed by atoms with Gasteiger partial charge in [0.2, 0.25) is 0 Å². The van der Waals surface area contributed by atoms with Crippen molar-refractivity contribution >= 4 is 11.9 Å². The molecule has 0 bridgehead atoms. The molecule has 5 nitrogen and oxygen atoms in total. The molecule has 0 radical (unpaired) electrons. The largest absolute Gasteiger partial charge is 0.508 e. The number of phenols is 1. The molecule has 3 rings (SSSR count). The highest BCUT2D eigenvalue weighted by molar-refractivity contribution is 6.10. The van der Waals surface area contributed by atoms with E-state index in [-0.39, 0.29) is 17.1 Å². The highest BCUT2D eigenvalue weighted by Gasteiger charge is 2.16. The number of carbonyl (C=O) groups is 1. The fraction of sp³-hybridized carbons (Fsp3) is 0.143. The maximum atomic E-state index is 12.9. The Balaban J connectivity index is 2.05. The van der Waals surface area contributed by atoms with E-state index in [1.165, 1.54) is 12.1 Å². The lowest BCUT2D eigenvalue weighted by molar-refractivity contribution is 0.103. The van der Waals surface area contributed by atoms with Crippen LogP contribution in [0.15, 0.2) is 65.0 Å². The Hall–Kier alpha value is -3.34. The Morgan fingerprint density at radius 2 is 1.65 bits per heavy atom. The number of phenolic OH excluding ortho intramolecular Hbond substituents is 1. The molecule has 0 unspecified atom stereocenters. The molecule has 26 heavy (non-hydrogen) atoms. The number of aromatic nitrogens is 2. The first-order chi connectivity index (χ1) is 12.4. The average Bonchev–Trinajstić information content (AvgIpc) is 2.86. The number of aromatic hydroxyl groups is 1. The fourth-order valence-corrected chi connectivity index (χ4v) is 2.88. The van der Waals surface area contributed by atoms with Crippen LogP contribution in [0.2, 0.25) is 0 Å². The Morgan fingerprint density at radius 1 is 1.04 bits per heavy atom. The first kappa shape index (κ1) is 17.5. The standard InChI is InChI=1S/C21H20N2O3/c1-14(20(25)16-9-11-18(24)12-10-16)13-19-15(2)22(3)23(21(19)26)17-7-5-4-6-8-17/h4-13,24H,1-3H3. The number of ketones is 1.